The van der Waals surface area contributed by atoms with Crippen LogP contribution in [0, 0.1) is 6.92 Å². The number of hydrogen-bond donors (Lipinski definition) is 2. The van der Waals surface area contributed by atoms with Crippen molar-refractivity contribution in [3.8, 4) is 0 Å². The number of fused-ring (bicyclic) bond motifs is 1. The summed E-state index contributed by atoms with van der Waals surface area (Å²) in [7, 11) is 0. The number of nitrogens with one attached hydrogen (secondary N) is 1. The van der Waals surface area contributed by atoms with Crippen LogP contribution in [-0.2, 0) is 0 Å². The van der Waals surface area contributed by atoms with E-state index in [0.29, 0.717) is 31.2 Å². The summed E-state index contributed by atoms with van der Waals surface area (Å²) in [5.74, 6) is 0.246. The maximum atomic E-state index is 13.0. The molecule has 0 radical (unpaired) electrons. The Hall–Kier alpha value is -2.58. The Kier molecular flexibility index (Phi) is 4.75. The van der Waals surface area contributed by atoms with Gasteiger partial charge >= 0.3 is 0 Å². The fraction of sp³-hybridized carbons (Fsp3) is 0.368. The number of anilines is 1. The van der Waals surface area contributed by atoms with E-state index < -0.39 is 6.10 Å². The van der Waals surface area contributed by atoms with Crippen LogP contribution < -0.4 is 5.32 Å². The van der Waals surface area contributed by atoms with Gasteiger partial charge in [0.05, 0.1) is 28.1 Å². The van der Waals surface area contributed by atoms with E-state index >= 15 is 0 Å². The summed E-state index contributed by atoms with van der Waals surface area (Å²) in [5.41, 5.74) is 2.02. The van der Waals surface area contributed by atoms with E-state index in [-0.39, 0.29) is 11.9 Å². The normalized spacial score (nSPS) is 18.0. The maximum Gasteiger partial charge on any atom is 0.274 e. The molecule has 8 heteroatoms. The van der Waals surface area contributed by atoms with Crippen LogP contribution in [0.4, 0.5) is 5.95 Å². The number of β-amino-alcohol motifs (C(OH)–C–C–N with tert-alkyl or cyclic N) is 1. The highest BCUT2D eigenvalue weighted by Gasteiger charge is 2.28. The number of aromatic nitrogens is 3. The number of carbonyl (C=O) groups excluding carboxylic acids is 1. The molecule has 1 aliphatic rings. The largest absolute Gasteiger partial charge is 0.391 e. The first kappa shape index (κ1) is 17.8. The Balaban J connectivity index is 1.69. The van der Waals surface area contributed by atoms with Crippen molar-refractivity contribution in [3.63, 3.8) is 0 Å². The molecule has 2 N–H and O–H groups in total. The molecule has 7 nitrogen and oxygen atoms in total. The lowest BCUT2D eigenvalue weighted by molar-refractivity contribution is 0.0761. The minimum Gasteiger partial charge on any atom is -0.391 e. The molecule has 1 fully saturated rings. The van der Waals surface area contributed by atoms with Crippen LogP contribution in [0.1, 0.15) is 40.4 Å². The van der Waals surface area contributed by atoms with E-state index in [1.54, 1.807) is 11.1 Å². The van der Waals surface area contributed by atoms with Crippen molar-refractivity contribution < 1.29 is 9.90 Å². The number of amides is 1. The highest BCUT2D eigenvalue weighted by atomic mass is 32.1. The van der Waals surface area contributed by atoms with Gasteiger partial charge in [0.25, 0.3) is 5.91 Å². The highest BCUT2D eigenvalue weighted by Crippen LogP contribution is 2.29. The molecule has 27 heavy (non-hydrogen) atoms. The third kappa shape index (κ3) is 3.63. The lowest BCUT2D eigenvalue weighted by atomic mass is 10.2. The molecule has 0 aromatic carbocycles. The molecule has 0 saturated carbocycles. The van der Waals surface area contributed by atoms with Crippen molar-refractivity contribution >= 4 is 33.4 Å². The molecular formula is C19H21N5O2S. The molecule has 1 amide bonds. The first-order valence-electron chi connectivity index (χ1n) is 8.94. The summed E-state index contributed by atoms with van der Waals surface area (Å²) in [5, 5.41) is 13.0. The second kappa shape index (κ2) is 7.21. The predicted octanol–water partition coefficient (Wildman–Crippen LogP) is 2.77. The summed E-state index contributed by atoms with van der Waals surface area (Å²) in [6, 6.07) is 7.60. The first-order chi connectivity index (χ1) is 13.0. The van der Waals surface area contributed by atoms with Gasteiger partial charge in [0.1, 0.15) is 0 Å². The first-order valence-corrected chi connectivity index (χ1v) is 9.76. The molecule has 3 aromatic heterocycles. The fourth-order valence-electron chi connectivity index (χ4n) is 3.23. The van der Waals surface area contributed by atoms with Crippen molar-refractivity contribution in [2.75, 3.05) is 18.4 Å². The monoisotopic (exact) mass is 383 g/mol. The van der Waals surface area contributed by atoms with E-state index in [9.17, 15) is 9.90 Å². The molecular weight excluding hydrogens is 362 g/mol. The number of aliphatic hydroxyl groups is 1. The number of thiophene rings is 1. The molecule has 1 unspecified atom stereocenters. The minimum atomic E-state index is -0.460. The van der Waals surface area contributed by atoms with Gasteiger partial charge in [-0.05, 0) is 38.5 Å². The number of hydrogen-bond acceptors (Lipinski definition) is 7. The average Bonchev–Trinajstić information content (AvgIpc) is 3.26. The van der Waals surface area contributed by atoms with E-state index in [4.69, 9.17) is 0 Å². The summed E-state index contributed by atoms with van der Waals surface area (Å²) in [6.45, 7) is 4.86. The van der Waals surface area contributed by atoms with Gasteiger partial charge in [0.2, 0.25) is 5.95 Å². The molecule has 1 aliphatic heterocycles. The maximum absolute atomic E-state index is 13.0. The number of aryl methyl sites for hydroxylation is 1. The van der Waals surface area contributed by atoms with E-state index in [1.165, 1.54) is 11.3 Å². The van der Waals surface area contributed by atoms with Gasteiger partial charge in [-0.15, -0.1) is 11.3 Å². The topological polar surface area (TPSA) is 91.2 Å². The van der Waals surface area contributed by atoms with Crippen LogP contribution in [0.5, 0.6) is 0 Å². The molecule has 0 spiro atoms. The van der Waals surface area contributed by atoms with Gasteiger partial charge in [0.15, 0.2) is 5.69 Å². The lowest BCUT2D eigenvalue weighted by Gasteiger charge is -2.17. The summed E-state index contributed by atoms with van der Waals surface area (Å²) < 4.78 is 0.787. The van der Waals surface area contributed by atoms with E-state index in [1.807, 2.05) is 38.1 Å². The molecule has 140 valence electrons. The molecule has 4 rings (SSSR count). The van der Waals surface area contributed by atoms with Gasteiger partial charge in [-0.25, -0.2) is 9.97 Å². The van der Waals surface area contributed by atoms with Crippen LogP contribution in [0.3, 0.4) is 0 Å². The number of aliphatic hydroxyl groups excluding tert-OH is 1. The van der Waals surface area contributed by atoms with Gasteiger partial charge in [-0.3, -0.25) is 9.78 Å². The molecule has 3 aromatic rings. The summed E-state index contributed by atoms with van der Waals surface area (Å²) in [4.78, 5) is 29.2. The van der Waals surface area contributed by atoms with E-state index in [0.717, 1.165) is 20.8 Å². The van der Waals surface area contributed by atoms with Crippen molar-refractivity contribution in [2.24, 2.45) is 0 Å². The van der Waals surface area contributed by atoms with Crippen LogP contribution in [0.25, 0.3) is 10.2 Å². The van der Waals surface area contributed by atoms with Gasteiger partial charge < -0.3 is 15.3 Å². The van der Waals surface area contributed by atoms with Crippen molar-refractivity contribution in [1.82, 2.24) is 19.9 Å². The highest BCUT2D eigenvalue weighted by molar-refractivity contribution is 7.19. The zero-order chi connectivity index (χ0) is 19.0. The van der Waals surface area contributed by atoms with Crippen LogP contribution >= 0.6 is 11.3 Å². The number of pyridine rings is 1. The second-order valence-electron chi connectivity index (χ2n) is 6.78. The number of nitrogens with zero attached hydrogens (tertiary/aromatic N) is 4. The molecule has 2 atom stereocenters. The van der Waals surface area contributed by atoms with Gasteiger partial charge in [-0.2, -0.15) is 0 Å². The lowest BCUT2D eigenvalue weighted by Crippen LogP contribution is -2.30. The SMILES string of the molecule is Cc1cc2nc(NC(C)c3ccccn3)nc(C(=O)N3CC[C@H](O)C3)c2s1. The molecule has 1 saturated heterocycles. The Labute approximate surface area is 161 Å². The third-order valence-electron chi connectivity index (χ3n) is 4.62. The zero-order valence-electron chi connectivity index (χ0n) is 15.2. The number of likely N-dealkylation sites (tertiary alicyclic amines) is 1. The predicted molar refractivity (Wildman–Crippen MR) is 105 cm³/mol. The van der Waals surface area contributed by atoms with Crippen LogP contribution in [0.2, 0.25) is 0 Å². The quantitative estimate of drug-likeness (QED) is 0.720. The third-order valence-corrected chi connectivity index (χ3v) is 5.67. The Morgan fingerprint density at radius 1 is 1.41 bits per heavy atom. The zero-order valence-corrected chi connectivity index (χ0v) is 16.0. The van der Waals surface area contributed by atoms with Crippen molar-refractivity contribution in [3.05, 3.63) is 46.7 Å². The average molecular weight is 383 g/mol. The van der Waals surface area contributed by atoms with Gasteiger partial charge in [0, 0.05) is 24.2 Å². The van der Waals surface area contributed by atoms with Gasteiger partial charge in [-0.1, -0.05) is 6.07 Å². The Morgan fingerprint density at radius 3 is 2.96 bits per heavy atom. The number of carbonyl (C=O) groups is 1. The molecule has 0 aliphatic carbocycles. The van der Waals surface area contributed by atoms with Crippen LogP contribution in [-0.4, -0.2) is 50.1 Å². The smallest absolute Gasteiger partial charge is 0.274 e. The van der Waals surface area contributed by atoms with Crippen molar-refractivity contribution in [1.29, 1.82) is 0 Å². The minimum absolute atomic E-state index is 0.0973. The summed E-state index contributed by atoms with van der Waals surface area (Å²) in [6.07, 6.45) is 1.89. The molecule has 0 bridgehead atoms. The molecule has 4 heterocycles. The second-order valence-corrected chi connectivity index (χ2v) is 8.04. The van der Waals surface area contributed by atoms with Crippen molar-refractivity contribution in [2.45, 2.75) is 32.4 Å². The Morgan fingerprint density at radius 2 is 2.26 bits per heavy atom. The fourth-order valence-corrected chi connectivity index (χ4v) is 4.17. The summed E-state index contributed by atoms with van der Waals surface area (Å²) >= 11 is 1.52. The standard InChI is InChI=1S/C19H21N5O2S/c1-11-9-15-17(27-11)16(18(26)24-8-6-13(25)10-24)23-19(22-15)21-12(2)14-5-3-4-7-20-14/h3-5,7,9,12-13,25H,6,8,10H2,1-2H3,(H,21,22,23)/t12?,13-/m0/s1. The van der Waals surface area contributed by atoms with E-state index in [2.05, 4.69) is 20.3 Å². The Bertz CT molecular complexity index is 975. The number of rotatable bonds is 4. The van der Waals surface area contributed by atoms with Crippen LogP contribution in [0.15, 0.2) is 30.5 Å².